The highest BCUT2D eigenvalue weighted by Gasteiger charge is 2.25. The molecule has 0 spiro atoms. The summed E-state index contributed by atoms with van der Waals surface area (Å²) in [5.74, 6) is 0. The van der Waals surface area contributed by atoms with E-state index in [-0.39, 0.29) is 18.2 Å². The molecule has 2 fully saturated rings. The molecule has 1 aliphatic heterocycles. The number of hydrogen-bond donors (Lipinski definition) is 1. The van der Waals surface area contributed by atoms with Crippen LogP contribution in [0.1, 0.15) is 32.6 Å². The maximum atomic E-state index is 6.07. The molecule has 3 atom stereocenters. The summed E-state index contributed by atoms with van der Waals surface area (Å²) in [6, 6.07) is 0.231. The Bertz CT molecular complexity index is 225. The van der Waals surface area contributed by atoms with E-state index in [9.17, 15) is 0 Å². The molecule has 0 aromatic carbocycles. The van der Waals surface area contributed by atoms with Gasteiger partial charge in [0.15, 0.2) is 0 Å². The fraction of sp³-hybridized carbons (Fsp3) is 1.00. The van der Waals surface area contributed by atoms with Gasteiger partial charge in [0.05, 0.1) is 25.4 Å². The Morgan fingerprint density at radius 1 is 1.35 bits per heavy atom. The lowest BCUT2D eigenvalue weighted by Crippen LogP contribution is -2.46. The van der Waals surface area contributed by atoms with E-state index in [0.717, 1.165) is 39.1 Å². The average molecular weight is 242 g/mol. The van der Waals surface area contributed by atoms with Crippen LogP contribution >= 0.6 is 0 Å². The Morgan fingerprint density at radius 2 is 2.18 bits per heavy atom. The zero-order chi connectivity index (χ0) is 12.1. The average Bonchev–Trinajstić information content (AvgIpc) is 2.38. The van der Waals surface area contributed by atoms with E-state index in [1.807, 2.05) is 0 Å². The summed E-state index contributed by atoms with van der Waals surface area (Å²) in [5.41, 5.74) is 6.07. The molecule has 2 N–H and O–H groups in total. The predicted octanol–water partition coefficient (Wildman–Crippen LogP) is 0.994. The minimum absolute atomic E-state index is 0.231. The molecule has 0 amide bonds. The van der Waals surface area contributed by atoms with E-state index in [4.69, 9.17) is 15.2 Å². The third-order valence-electron chi connectivity index (χ3n) is 3.92. The molecule has 1 aliphatic carbocycles. The van der Waals surface area contributed by atoms with E-state index < -0.39 is 0 Å². The fourth-order valence-electron chi connectivity index (χ4n) is 2.73. The second-order valence-electron chi connectivity index (χ2n) is 5.21. The summed E-state index contributed by atoms with van der Waals surface area (Å²) >= 11 is 0. The lowest BCUT2D eigenvalue weighted by Gasteiger charge is -2.34. The number of ether oxygens (including phenoxy) is 2. The van der Waals surface area contributed by atoms with Crippen molar-refractivity contribution >= 4 is 0 Å². The molecule has 2 aliphatic rings. The lowest BCUT2D eigenvalue weighted by atomic mass is 9.93. The first-order chi connectivity index (χ1) is 8.29. The van der Waals surface area contributed by atoms with Gasteiger partial charge in [0.1, 0.15) is 0 Å². The van der Waals surface area contributed by atoms with Crippen LogP contribution < -0.4 is 5.73 Å². The Labute approximate surface area is 104 Å². The van der Waals surface area contributed by atoms with Crippen LogP contribution in [0.25, 0.3) is 0 Å². The van der Waals surface area contributed by atoms with Gasteiger partial charge in [-0.25, -0.2) is 0 Å². The normalized spacial score (nSPS) is 36.0. The van der Waals surface area contributed by atoms with Crippen molar-refractivity contribution in [2.24, 2.45) is 5.73 Å². The van der Waals surface area contributed by atoms with Crippen LogP contribution in [0, 0.1) is 0 Å². The molecule has 17 heavy (non-hydrogen) atoms. The van der Waals surface area contributed by atoms with Gasteiger partial charge in [0.2, 0.25) is 0 Å². The number of morpholine rings is 1. The fourth-order valence-corrected chi connectivity index (χ4v) is 2.73. The molecule has 1 saturated heterocycles. The minimum atomic E-state index is 0.231. The van der Waals surface area contributed by atoms with Gasteiger partial charge >= 0.3 is 0 Å². The molecule has 4 heteroatoms. The van der Waals surface area contributed by atoms with Crippen molar-refractivity contribution in [2.45, 2.75) is 50.9 Å². The van der Waals surface area contributed by atoms with E-state index in [1.165, 1.54) is 12.8 Å². The summed E-state index contributed by atoms with van der Waals surface area (Å²) < 4.78 is 11.7. The second kappa shape index (κ2) is 6.69. The molecular weight excluding hydrogens is 216 g/mol. The third-order valence-corrected chi connectivity index (χ3v) is 3.92. The van der Waals surface area contributed by atoms with Crippen LogP contribution in [0.2, 0.25) is 0 Å². The van der Waals surface area contributed by atoms with Crippen molar-refractivity contribution < 1.29 is 9.47 Å². The van der Waals surface area contributed by atoms with Gasteiger partial charge in [-0.3, -0.25) is 4.90 Å². The molecule has 0 aromatic rings. The quantitative estimate of drug-likeness (QED) is 0.799. The Kier molecular flexibility index (Phi) is 5.22. The number of likely N-dealkylation sites (N-methyl/N-ethyl adjacent to an activating group) is 1. The van der Waals surface area contributed by atoms with Crippen molar-refractivity contribution in [1.29, 1.82) is 0 Å². The van der Waals surface area contributed by atoms with Gasteiger partial charge < -0.3 is 15.2 Å². The van der Waals surface area contributed by atoms with Gasteiger partial charge in [-0.1, -0.05) is 19.8 Å². The first-order valence-electron chi connectivity index (χ1n) is 7.00. The smallest absolute Gasteiger partial charge is 0.0935 e. The van der Waals surface area contributed by atoms with Crippen LogP contribution in [0.5, 0.6) is 0 Å². The zero-order valence-corrected chi connectivity index (χ0v) is 10.9. The van der Waals surface area contributed by atoms with Gasteiger partial charge in [-0.05, 0) is 19.4 Å². The highest BCUT2D eigenvalue weighted by molar-refractivity contribution is 4.79. The minimum Gasteiger partial charge on any atom is -0.374 e. The zero-order valence-electron chi connectivity index (χ0n) is 10.9. The molecule has 1 heterocycles. The molecule has 4 nitrogen and oxygen atoms in total. The highest BCUT2D eigenvalue weighted by Crippen LogP contribution is 2.20. The van der Waals surface area contributed by atoms with Crippen molar-refractivity contribution in [3.63, 3.8) is 0 Å². The molecule has 0 aromatic heterocycles. The van der Waals surface area contributed by atoms with Crippen molar-refractivity contribution in [3.05, 3.63) is 0 Å². The van der Waals surface area contributed by atoms with Crippen LogP contribution in [0.15, 0.2) is 0 Å². The summed E-state index contributed by atoms with van der Waals surface area (Å²) in [4.78, 5) is 2.42. The molecule has 1 saturated carbocycles. The van der Waals surface area contributed by atoms with Gasteiger partial charge in [-0.2, -0.15) is 0 Å². The molecule has 0 radical (unpaired) electrons. The Hall–Kier alpha value is -0.160. The summed E-state index contributed by atoms with van der Waals surface area (Å²) in [7, 11) is 0. The lowest BCUT2D eigenvalue weighted by molar-refractivity contribution is -0.0923. The molecule has 100 valence electrons. The van der Waals surface area contributed by atoms with E-state index in [1.54, 1.807) is 0 Å². The summed E-state index contributed by atoms with van der Waals surface area (Å²) in [6.45, 7) is 6.88. The van der Waals surface area contributed by atoms with Crippen molar-refractivity contribution in [3.8, 4) is 0 Å². The number of hydrogen-bond acceptors (Lipinski definition) is 4. The predicted molar refractivity (Wildman–Crippen MR) is 68.0 cm³/mol. The van der Waals surface area contributed by atoms with Crippen molar-refractivity contribution in [1.82, 2.24) is 4.90 Å². The molecular formula is C13H26N2O2. The maximum Gasteiger partial charge on any atom is 0.0935 e. The topological polar surface area (TPSA) is 47.7 Å². The third kappa shape index (κ3) is 3.91. The Morgan fingerprint density at radius 3 is 2.94 bits per heavy atom. The van der Waals surface area contributed by atoms with E-state index in [2.05, 4.69) is 11.8 Å². The van der Waals surface area contributed by atoms with Crippen molar-refractivity contribution in [2.75, 3.05) is 32.8 Å². The molecule has 0 bridgehead atoms. The number of rotatable bonds is 4. The van der Waals surface area contributed by atoms with Crippen LogP contribution in [0.4, 0.5) is 0 Å². The molecule has 2 rings (SSSR count). The van der Waals surface area contributed by atoms with Crippen LogP contribution in [0.3, 0.4) is 0 Å². The largest absolute Gasteiger partial charge is 0.374 e. The van der Waals surface area contributed by atoms with Crippen LogP contribution in [-0.4, -0.2) is 56.0 Å². The van der Waals surface area contributed by atoms with Gasteiger partial charge in [0.25, 0.3) is 0 Å². The molecule has 3 unspecified atom stereocenters. The second-order valence-corrected chi connectivity index (χ2v) is 5.21. The first kappa shape index (κ1) is 13.3. The Balaban J connectivity index is 1.69. The SMILES string of the molecule is CCN1CCOC(COC2CCCCC2N)C1. The first-order valence-corrected chi connectivity index (χ1v) is 7.00. The van der Waals surface area contributed by atoms with Gasteiger partial charge in [-0.15, -0.1) is 0 Å². The monoisotopic (exact) mass is 242 g/mol. The number of nitrogens with zero attached hydrogens (tertiary/aromatic N) is 1. The van der Waals surface area contributed by atoms with Gasteiger partial charge in [0, 0.05) is 19.1 Å². The summed E-state index contributed by atoms with van der Waals surface area (Å²) in [6.07, 6.45) is 5.22. The standard InChI is InChI=1S/C13H26N2O2/c1-2-15-7-8-16-11(9-15)10-17-13-6-4-3-5-12(13)14/h11-13H,2-10,14H2,1H3. The summed E-state index contributed by atoms with van der Waals surface area (Å²) in [5, 5.41) is 0. The number of nitrogens with two attached hydrogens (primary N) is 1. The maximum absolute atomic E-state index is 6.07. The van der Waals surface area contributed by atoms with E-state index in [0.29, 0.717) is 6.61 Å². The van der Waals surface area contributed by atoms with E-state index >= 15 is 0 Å². The highest BCUT2D eigenvalue weighted by atomic mass is 16.5. The van der Waals surface area contributed by atoms with Crippen LogP contribution in [-0.2, 0) is 9.47 Å².